The predicted octanol–water partition coefficient (Wildman–Crippen LogP) is 5.68. The van der Waals surface area contributed by atoms with Gasteiger partial charge >= 0.3 is 0 Å². The van der Waals surface area contributed by atoms with E-state index in [1.807, 2.05) is 40.0 Å². The number of anilines is 1. The molecule has 1 aliphatic heterocycles. The molecule has 0 N–H and O–H groups in total. The average molecular weight is 497 g/mol. The second-order valence-electron chi connectivity index (χ2n) is 9.85. The summed E-state index contributed by atoms with van der Waals surface area (Å²) in [6.45, 7) is 9.60. The standard InChI is InChI=1S/C27H37ClN6O/c1-4-5-6-7-11-25(35)32-14-16-33(17-15-32)26-23-19-29-34(22-10-8-9-21(28)18-22)27(23)31-24(30-26)13-12-20(2)3/h8-10,18-20H,4-7,11-17H2,1-3H3. The molecule has 188 valence electrons. The summed E-state index contributed by atoms with van der Waals surface area (Å²) in [6, 6.07) is 7.66. The Labute approximate surface area is 213 Å². The third-order valence-corrected chi connectivity index (χ3v) is 6.86. The quantitative estimate of drug-likeness (QED) is 0.338. The maximum Gasteiger partial charge on any atom is 0.222 e. The molecule has 0 aliphatic carbocycles. The van der Waals surface area contributed by atoms with E-state index in [1.54, 1.807) is 0 Å². The lowest BCUT2D eigenvalue weighted by Crippen LogP contribution is -2.49. The monoisotopic (exact) mass is 496 g/mol. The van der Waals surface area contributed by atoms with Gasteiger partial charge in [0.1, 0.15) is 11.6 Å². The Bertz CT molecular complexity index is 1140. The third-order valence-electron chi connectivity index (χ3n) is 6.63. The normalized spacial score (nSPS) is 14.3. The van der Waals surface area contributed by atoms with Gasteiger partial charge in [-0.3, -0.25) is 4.79 Å². The molecule has 0 spiro atoms. The van der Waals surface area contributed by atoms with Crippen molar-refractivity contribution in [1.82, 2.24) is 24.6 Å². The van der Waals surface area contributed by atoms with Crippen LogP contribution in [0.5, 0.6) is 0 Å². The maximum atomic E-state index is 12.7. The van der Waals surface area contributed by atoms with Crippen molar-refractivity contribution in [2.75, 3.05) is 31.1 Å². The van der Waals surface area contributed by atoms with Crippen molar-refractivity contribution < 1.29 is 4.79 Å². The minimum atomic E-state index is 0.278. The summed E-state index contributed by atoms with van der Waals surface area (Å²) in [4.78, 5) is 26.9. The smallest absolute Gasteiger partial charge is 0.222 e. The van der Waals surface area contributed by atoms with Gasteiger partial charge in [-0.05, 0) is 37.0 Å². The predicted molar refractivity (Wildman–Crippen MR) is 142 cm³/mol. The highest BCUT2D eigenvalue weighted by Crippen LogP contribution is 2.28. The van der Waals surface area contributed by atoms with Gasteiger partial charge in [0.15, 0.2) is 5.65 Å². The molecule has 1 aliphatic rings. The van der Waals surface area contributed by atoms with Crippen LogP contribution in [0.4, 0.5) is 5.82 Å². The molecule has 1 fully saturated rings. The molecule has 0 radical (unpaired) electrons. The average Bonchev–Trinajstić information content (AvgIpc) is 3.29. The van der Waals surface area contributed by atoms with Gasteiger partial charge in [0.2, 0.25) is 5.91 Å². The van der Waals surface area contributed by atoms with Gasteiger partial charge in [-0.15, -0.1) is 0 Å². The number of amides is 1. The Hall–Kier alpha value is -2.67. The summed E-state index contributed by atoms with van der Waals surface area (Å²) in [6.07, 6.45) is 8.86. The fourth-order valence-corrected chi connectivity index (χ4v) is 4.72. The lowest BCUT2D eigenvalue weighted by Gasteiger charge is -2.35. The van der Waals surface area contributed by atoms with Gasteiger partial charge in [0.05, 0.1) is 17.3 Å². The number of aryl methyl sites for hydroxylation is 1. The summed E-state index contributed by atoms with van der Waals surface area (Å²) in [5, 5.41) is 6.25. The van der Waals surface area contributed by atoms with Gasteiger partial charge in [-0.25, -0.2) is 14.6 Å². The summed E-state index contributed by atoms with van der Waals surface area (Å²) in [5.41, 5.74) is 1.68. The van der Waals surface area contributed by atoms with E-state index in [9.17, 15) is 4.79 Å². The number of carbonyl (C=O) groups excluding carboxylic acids is 1. The van der Waals surface area contributed by atoms with E-state index in [4.69, 9.17) is 21.6 Å². The zero-order chi connectivity index (χ0) is 24.8. The van der Waals surface area contributed by atoms with E-state index >= 15 is 0 Å². The summed E-state index contributed by atoms with van der Waals surface area (Å²) in [5.74, 6) is 2.60. The van der Waals surface area contributed by atoms with Crippen molar-refractivity contribution >= 4 is 34.4 Å². The first kappa shape index (κ1) is 25.4. The highest BCUT2D eigenvalue weighted by molar-refractivity contribution is 6.30. The number of carbonyl (C=O) groups is 1. The highest BCUT2D eigenvalue weighted by Gasteiger charge is 2.25. The van der Waals surface area contributed by atoms with E-state index in [2.05, 4.69) is 30.8 Å². The molecule has 0 bridgehead atoms. The van der Waals surface area contributed by atoms with Crippen LogP contribution < -0.4 is 4.90 Å². The van der Waals surface area contributed by atoms with Gasteiger partial charge in [-0.1, -0.05) is 57.7 Å². The summed E-state index contributed by atoms with van der Waals surface area (Å²) >= 11 is 6.25. The Morgan fingerprint density at radius 3 is 2.60 bits per heavy atom. The Balaban J connectivity index is 1.57. The number of unbranched alkanes of at least 4 members (excludes halogenated alkanes) is 3. The molecule has 0 saturated carbocycles. The molecule has 1 aromatic carbocycles. The molecule has 1 saturated heterocycles. The zero-order valence-electron chi connectivity index (χ0n) is 21.2. The molecule has 2 aromatic heterocycles. The first-order chi connectivity index (χ1) is 17.0. The molecule has 0 unspecified atom stereocenters. The first-order valence-corrected chi connectivity index (χ1v) is 13.4. The number of fused-ring (bicyclic) bond motifs is 1. The van der Waals surface area contributed by atoms with Crippen molar-refractivity contribution in [3.8, 4) is 5.69 Å². The first-order valence-electron chi connectivity index (χ1n) is 13.0. The lowest BCUT2D eigenvalue weighted by atomic mass is 10.1. The SMILES string of the molecule is CCCCCCC(=O)N1CCN(c2nc(CCC(C)C)nc3c2cnn3-c2cccc(Cl)c2)CC1. The third kappa shape index (κ3) is 6.31. The number of halogens is 1. The lowest BCUT2D eigenvalue weighted by molar-refractivity contribution is -0.131. The minimum absolute atomic E-state index is 0.278. The maximum absolute atomic E-state index is 12.7. The van der Waals surface area contributed by atoms with Crippen molar-refractivity contribution in [3.05, 3.63) is 41.3 Å². The van der Waals surface area contributed by atoms with Gasteiger partial charge in [0, 0.05) is 44.0 Å². The van der Waals surface area contributed by atoms with Crippen LogP contribution in [0.1, 0.15) is 65.1 Å². The van der Waals surface area contributed by atoms with Crippen LogP contribution in [0.15, 0.2) is 30.5 Å². The van der Waals surface area contributed by atoms with Crippen LogP contribution >= 0.6 is 11.6 Å². The number of nitrogens with zero attached hydrogens (tertiary/aromatic N) is 6. The summed E-state index contributed by atoms with van der Waals surface area (Å²) in [7, 11) is 0. The zero-order valence-corrected chi connectivity index (χ0v) is 22.0. The number of rotatable bonds is 10. The van der Waals surface area contributed by atoms with Gasteiger partial charge < -0.3 is 9.80 Å². The Morgan fingerprint density at radius 1 is 1.09 bits per heavy atom. The Kier molecular flexibility index (Phi) is 8.60. The number of hydrogen-bond donors (Lipinski definition) is 0. The van der Waals surface area contributed by atoms with Crippen molar-refractivity contribution in [2.24, 2.45) is 5.92 Å². The molecule has 8 heteroatoms. The van der Waals surface area contributed by atoms with E-state index in [0.717, 1.165) is 80.2 Å². The van der Waals surface area contributed by atoms with Crippen LogP contribution in [-0.2, 0) is 11.2 Å². The number of aromatic nitrogens is 4. The van der Waals surface area contributed by atoms with Gasteiger partial charge in [-0.2, -0.15) is 5.10 Å². The van der Waals surface area contributed by atoms with Crippen LogP contribution in [0.2, 0.25) is 5.02 Å². The minimum Gasteiger partial charge on any atom is -0.352 e. The highest BCUT2D eigenvalue weighted by atomic mass is 35.5. The molecule has 3 aromatic rings. The van der Waals surface area contributed by atoms with Crippen LogP contribution in [-0.4, -0.2) is 56.7 Å². The molecule has 0 atom stereocenters. The number of benzene rings is 1. The van der Waals surface area contributed by atoms with Crippen LogP contribution in [0.25, 0.3) is 16.7 Å². The second kappa shape index (κ2) is 11.8. The van der Waals surface area contributed by atoms with E-state index < -0.39 is 0 Å². The molecule has 7 nitrogen and oxygen atoms in total. The molecule has 3 heterocycles. The van der Waals surface area contributed by atoms with E-state index in [1.165, 1.54) is 12.8 Å². The molecule has 4 rings (SSSR count). The van der Waals surface area contributed by atoms with Crippen LogP contribution in [0, 0.1) is 5.92 Å². The number of piperazine rings is 1. The summed E-state index contributed by atoms with van der Waals surface area (Å²) < 4.78 is 1.85. The van der Waals surface area contributed by atoms with Gasteiger partial charge in [0.25, 0.3) is 0 Å². The molecule has 35 heavy (non-hydrogen) atoms. The van der Waals surface area contributed by atoms with Crippen LogP contribution in [0.3, 0.4) is 0 Å². The van der Waals surface area contributed by atoms with Crippen molar-refractivity contribution in [3.63, 3.8) is 0 Å². The largest absolute Gasteiger partial charge is 0.352 e. The van der Waals surface area contributed by atoms with Crippen molar-refractivity contribution in [1.29, 1.82) is 0 Å². The molecule has 1 amide bonds. The molecular formula is C27H37ClN6O. The Morgan fingerprint density at radius 2 is 1.89 bits per heavy atom. The van der Waals surface area contributed by atoms with Crippen molar-refractivity contribution in [2.45, 2.75) is 65.7 Å². The number of hydrogen-bond acceptors (Lipinski definition) is 5. The fraction of sp³-hybridized carbons (Fsp3) is 0.556. The van der Waals surface area contributed by atoms with E-state index in [-0.39, 0.29) is 5.91 Å². The second-order valence-corrected chi connectivity index (χ2v) is 10.3. The molecular weight excluding hydrogens is 460 g/mol. The fourth-order valence-electron chi connectivity index (χ4n) is 4.53. The van der Waals surface area contributed by atoms with E-state index in [0.29, 0.717) is 17.4 Å². The topological polar surface area (TPSA) is 67.2 Å².